The Kier molecular flexibility index (Phi) is 4.39. The molecule has 0 unspecified atom stereocenters. The van der Waals surface area contributed by atoms with Crippen LogP contribution in [-0.2, 0) is 0 Å². The van der Waals surface area contributed by atoms with Crippen LogP contribution in [0.4, 0.5) is 0 Å². The van der Waals surface area contributed by atoms with Gasteiger partial charge in [-0.1, -0.05) is 77.1 Å². The van der Waals surface area contributed by atoms with Gasteiger partial charge in [-0.15, -0.1) is 0 Å². The largest absolute Gasteiger partial charge is 0.257 e. The molecule has 0 N–H and O–H groups in total. The van der Waals surface area contributed by atoms with Gasteiger partial charge in [-0.2, -0.15) is 0 Å². The Morgan fingerprint density at radius 1 is 0.667 bits per heavy atom. The highest BCUT2D eigenvalue weighted by Gasteiger charge is 1.97. The van der Waals surface area contributed by atoms with Crippen molar-refractivity contribution in [3.63, 3.8) is 0 Å². The number of rotatable bonds is 4. The van der Waals surface area contributed by atoms with Crippen LogP contribution in [0.2, 0.25) is 0 Å². The van der Waals surface area contributed by atoms with E-state index in [2.05, 4.69) is 65.7 Å². The molecule has 1 aromatic heterocycles. The summed E-state index contributed by atoms with van der Waals surface area (Å²) in [6.07, 6.45) is 5.94. The van der Waals surface area contributed by atoms with Crippen LogP contribution >= 0.6 is 0 Å². The summed E-state index contributed by atoms with van der Waals surface area (Å²) in [4.78, 5) is 4.28. The third-order valence-corrected chi connectivity index (χ3v) is 4.35. The van der Waals surface area contributed by atoms with Crippen LogP contribution in [0.5, 0.6) is 0 Å². The van der Waals surface area contributed by atoms with Gasteiger partial charge in [0, 0.05) is 6.20 Å². The molecule has 1 nitrogen and oxygen atoms in total. The summed E-state index contributed by atoms with van der Waals surface area (Å²) in [5.74, 6) is 0. The van der Waals surface area contributed by atoms with Crippen molar-refractivity contribution >= 4 is 32.0 Å². The van der Waals surface area contributed by atoms with Gasteiger partial charge < -0.3 is 0 Å². The molecule has 0 spiro atoms. The first kappa shape index (κ1) is 13.5. The zero-order valence-corrected chi connectivity index (χ0v) is 12.6. The number of benzene rings is 2. The second-order valence-electron chi connectivity index (χ2n) is 4.70. The van der Waals surface area contributed by atoms with E-state index in [4.69, 9.17) is 0 Å². The maximum absolute atomic E-state index is 4.28. The first-order chi connectivity index (χ1) is 10.4. The van der Waals surface area contributed by atoms with Crippen LogP contribution < -0.4 is 10.4 Å². The molecule has 0 bridgehead atoms. The van der Waals surface area contributed by atoms with E-state index in [0.717, 1.165) is 5.69 Å². The molecule has 100 valence electrons. The molecule has 0 aliphatic heterocycles. The molecule has 0 atom stereocenters. The van der Waals surface area contributed by atoms with Gasteiger partial charge in [0.25, 0.3) is 0 Å². The van der Waals surface area contributed by atoms with Crippen LogP contribution in [0.1, 0.15) is 11.3 Å². The first-order valence-electron chi connectivity index (χ1n) is 6.91. The number of nitrogens with zero attached hydrogens (tertiary/aromatic N) is 1. The molecular weight excluding hydrogens is 270 g/mol. The minimum atomic E-state index is 0.712. The average Bonchev–Trinajstić information content (AvgIpc) is 2.56. The summed E-state index contributed by atoms with van der Waals surface area (Å²) >= 11 is 0. The number of pyridine rings is 1. The Labute approximate surface area is 127 Å². The molecule has 0 saturated carbocycles. The molecule has 1 heterocycles. The zero-order chi connectivity index (χ0) is 14.3. The van der Waals surface area contributed by atoms with E-state index in [1.54, 1.807) is 0 Å². The standard InChI is InChI=1S/C19H15NSi/c1-2-7-18(8-3-1)21-19-13-10-16(11-14-19)9-12-17-6-4-5-15-20-17/h1-15H/b12-9+. The van der Waals surface area contributed by atoms with E-state index in [0.29, 0.717) is 9.52 Å². The van der Waals surface area contributed by atoms with Crippen LogP contribution in [0.25, 0.3) is 12.2 Å². The summed E-state index contributed by atoms with van der Waals surface area (Å²) < 4.78 is 0. The Hall–Kier alpha value is -2.45. The van der Waals surface area contributed by atoms with Crippen molar-refractivity contribution in [1.82, 2.24) is 4.98 Å². The highest BCUT2D eigenvalue weighted by atomic mass is 28.2. The minimum Gasteiger partial charge on any atom is -0.257 e. The number of hydrogen-bond acceptors (Lipinski definition) is 1. The molecule has 0 saturated heterocycles. The maximum atomic E-state index is 4.28. The van der Waals surface area contributed by atoms with Crippen molar-refractivity contribution in [2.75, 3.05) is 0 Å². The Morgan fingerprint density at radius 2 is 1.38 bits per heavy atom. The summed E-state index contributed by atoms with van der Waals surface area (Å²) in [5, 5.41) is 2.73. The summed E-state index contributed by atoms with van der Waals surface area (Å²) in [6.45, 7) is 0. The van der Waals surface area contributed by atoms with E-state index in [-0.39, 0.29) is 0 Å². The SMILES string of the molecule is C(=C\c1ccccn1)/c1ccc([Si]c2ccccc2)cc1. The van der Waals surface area contributed by atoms with Crippen molar-refractivity contribution in [1.29, 1.82) is 0 Å². The molecule has 0 fully saturated rings. The molecule has 2 heteroatoms. The van der Waals surface area contributed by atoms with Gasteiger partial charge in [-0.25, -0.2) is 0 Å². The predicted molar refractivity (Wildman–Crippen MR) is 91.1 cm³/mol. The monoisotopic (exact) mass is 285 g/mol. The Bertz CT molecular complexity index is 704. The molecule has 2 radical (unpaired) electrons. The lowest BCUT2D eigenvalue weighted by atomic mass is 10.2. The fourth-order valence-electron chi connectivity index (χ4n) is 2.02. The highest BCUT2D eigenvalue weighted by molar-refractivity contribution is 6.67. The molecular formula is C19H15NSi. The fraction of sp³-hybridized carbons (Fsp3) is 0. The molecule has 0 aliphatic carbocycles. The molecule has 0 aliphatic rings. The quantitative estimate of drug-likeness (QED) is 0.672. The maximum Gasteiger partial charge on any atom is 0.121 e. The fourth-order valence-corrected chi connectivity index (χ4v) is 3.05. The van der Waals surface area contributed by atoms with Gasteiger partial charge in [0.1, 0.15) is 9.52 Å². The lowest BCUT2D eigenvalue weighted by Crippen LogP contribution is -2.26. The van der Waals surface area contributed by atoms with Crippen molar-refractivity contribution in [2.45, 2.75) is 0 Å². The number of aromatic nitrogens is 1. The Morgan fingerprint density at radius 3 is 2.10 bits per heavy atom. The molecule has 21 heavy (non-hydrogen) atoms. The predicted octanol–water partition coefficient (Wildman–Crippen LogP) is 2.91. The highest BCUT2D eigenvalue weighted by Crippen LogP contribution is 2.04. The second kappa shape index (κ2) is 6.82. The van der Waals surface area contributed by atoms with Gasteiger partial charge in [-0.05, 0) is 23.8 Å². The van der Waals surface area contributed by atoms with Gasteiger partial charge in [-0.3, -0.25) is 4.98 Å². The van der Waals surface area contributed by atoms with Gasteiger partial charge in [0.2, 0.25) is 0 Å². The van der Waals surface area contributed by atoms with Crippen molar-refractivity contribution in [3.8, 4) is 0 Å². The van der Waals surface area contributed by atoms with Crippen LogP contribution in [0.3, 0.4) is 0 Å². The summed E-state index contributed by atoms with van der Waals surface area (Å²) in [7, 11) is 0.712. The zero-order valence-electron chi connectivity index (χ0n) is 11.6. The van der Waals surface area contributed by atoms with Crippen LogP contribution in [0.15, 0.2) is 79.0 Å². The van der Waals surface area contributed by atoms with Gasteiger partial charge in [0.05, 0.1) is 5.69 Å². The van der Waals surface area contributed by atoms with E-state index >= 15 is 0 Å². The third kappa shape index (κ3) is 4.00. The lowest BCUT2D eigenvalue weighted by molar-refractivity contribution is 1.30. The van der Waals surface area contributed by atoms with Crippen molar-refractivity contribution in [2.24, 2.45) is 0 Å². The number of hydrogen-bond donors (Lipinski definition) is 0. The van der Waals surface area contributed by atoms with E-state index in [1.165, 1.54) is 15.9 Å². The minimum absolute atomic E-state index is 0.712. The molecule has 3 aromatic rings. The van der Waals surface area contributed by atoms with E-state index in [1.807, 2.05) is 30.5 Å². The lowest BCUT2D eigenvalue weighted by Gasteiger charge is -2.01. The molecule has 2 aromatic carbocycles. The Balaban J connectivity index is 1.68. The average molecular weight is 285 g/mol. The topological polar surface area (TPSA) is 12.9 Å². The summed E-state index contributed by atoms with van der Waals surface area (Å²) in [6, 6.07) is 25.2. The second-order valence-corrected chi connectivity index (χ2v) is 6.11. The van der Waals surface area contributed by atoms with Crippen molar-refractivity contribution < 1.29 is 0 Å². The third-order valence-electron chi connectivity index (χ3n) is 3.11. The van der Waals surface area contributed by atoms with E-state index < -0.39 is 0 Å². The smallest absolute Gasteiger partial charge is 0.121 e. The summed E-state index contributed by atoms with van der Waals surface area (Å²) in [5.41, 5.74) is 2.18. The van der Waals surface area contributed by atoms with Crippen LogP contribution in [0, 0.1) is 0 Å². The molecule has 3 rings (SSSR count). The van der Waals surface area contributed by atoms with Crippen molar-refractivity contribution in [3.05, 3.63) is 90.3 Å². The normalized spacial score (nSPS) is 10.9. The van der Waals surface area contributed by atoms with Gasteiger partial charge in [0.15, 0.2) is 0 Å². The molecule has 0 amide bonds. The van der Waals surface area contributed by atoms with E-state index in [9.17, 15) is 0 Å². The van der Waals surface area contributed by atoms with Gasteiger partial charge >= 0.3 is 0 Å². The first-order valence-corrected chi connectivity index (χ1v) is 7.91. The van der Waals surface area contributed by atoms with Crippen LogP contribution in [-0.4, -0.2) is 14.5 Å².